The molecule has 0 unspecified atom stereocenters. The first kappa shape index (κ1) is 12.0. The molecule has 1 aromatic heterocycles. The number of para-hydroxylation sites is 2. The van der Waals surface area contributed by atoms with E-state index in [1.807, 2.05) is 24.3 Å². The smallest absolute Gasteiger partial charge is 0.105 e. The van der Waals surface area contributed by atoms with Crippen LogP contribution < -0.4 is 0 Å². The molecule has 17 heavy (non-hydrogen) atoms. The zero-order chi connectivity index (χ0) is 12.0. The van der Waals surface area contributed by atoms with Crippen molar-refractivity contribution in [1.82, 2.24) is 9.97 Å². The van der Waals surface area contributed by atoms with Gasteiger partial charge in [-0.1, -0.05) is 12.1 Å². The molecule has 0 fully saturated rings. The number of hydrogen-bond acceptors (Lipinski definition) is 2. The molecular formula is C12H5BrI2N2. The summed E-state index contributed by atoms with van der Waals surface area (Å²) >= 11 is 8.19. The van der Waals surface area contributed by atoms with Gasteiger partial charge in [0, 0.05) is 8.04 Å². The van der Waals surface area contributed by atoms with Crippen LogP contribution in [0.3, 0.4) is 0 Å². The van der Waals surface area contributed by atoms with Crippen LogP contribution in [0.15, 0.2) is 34.8 Å². The molecule has 5 heteroatoms. The molecule has 0 amide bonds. The van der Waals surface area contributed by atoms with Crippen LogP contribution in [0.25, 0.3) is 22.1 Å². The van der Waals surface area contributed by atoms with Crippen LogP contribution in [0.1, 0.15) is 0 Å². The Bertz CT molecular complexity index is 743. The van der Waals surface area contributed by atoms with Gasteiger partial charge in [-0.15, -0.1) is 0 Å². The van der Waals surface area contributed by atoms with E-state index in [2.05, 4.69) is 72.2 Å². The molecule has 0 atom stereocenters. The Morgan fingerprint density at radius 2 is 1.53 bits per heavy atom. The van der Waals surface area contributed by atoms with Crippen LogP contribution in [-0.4, -0.2) is 9.97 Å². The normalized spacial score (nSPS) is 11.2. The number of benzene rings is 2. The van der Waals surface area contributed by atoms with Crippen molar-refractivity contribution in [2.75, 3.05) is 0 Å². The van der Waals surface area contributed by atoms with Crippen LogP contribution in [-0.2, 0) is 0 Å². The summed E-state index contributed by atoms with van der Waals surface area (Å²) < 4.78 is 3.34. The zero-order valence-electron chi connectivity index (χ0n) is 8.42. The average molecular weight is 511 g/mol. The molecule has 3 aromatic rings. The third-order valence-electron chi connectivity index (χ3n) is 2.47. The molecule has 2 aromatic carbocycles. The van der Waals surface area contributed by atoms with Gasteiger partial charge in [-0.2, -0.15) is 0 Å². The summed E-state index contributed by atoms with van der Waals surface area (Å²) in [5.41, 5.74) is 3.75. The molecule has 0 N–H and O–H groups in total. The van der Waals surface area contributed by atoms with Gasteiger partial charge in [0.05, 0.1) is 14.6 Å². The molecule has 0 aliphatic heterocycles. The van der Waals surface area contributed by atoms with Crippen molar-refractivity contribution in [3.05, 3.63) is 41.9 Å². The van der Waals surface area contributed by atoms with E-state index in [4.69, 9.17) is 4.98 Å². The third-order valence-corrected chi connectivity index (χ3v) is 6.05. The highest BCUT2D eigenvalue weighted by Crippen LogP contribution is 2.30. The summed E-state index contributed by atoms with van der Waals surface area (Å²) in [5, 5.41) is 0. The van der Waals surface area contributed by atoms with E-state index < -0.39 is 0 Å². The van der Waals surface area contributed by atoms with Gasteiger partial charge >= 0.3 is 0 Å². The summed E-state index contributed by atoms with van der Waals surface area (Å²) in [7, 11) is 0. The van der Waals surface area contributed by atoms with Crippen molar-refractivity contribution in [1.29, 1.82) is 0 Å². The number of nitrogens with zero attached hydrogens (tertiary/aromatic N) is 2. The Kier molecular flexibility index (Phi) is 3.24. The Labute approximate surface area is 134 Å². The molecule has 0 saturated carbocycles. The van der Waals surface area contributed by atoms with Crippen LogP contribution in [0.4, 0.5) is 0 Å². The fourth-order valence-electron chi connectivity index (χ4n) is 1.68. The maximum absolute atomic E-state index is 4.69. The number of hydrogen-bond donors (Lipinski definition) is 0. The van der Waals surface area contributed by atoms with Crippen molar-refractivity contribution < 1.29 is 0 Å². The lowest BCUT2D eigenvalue weighted by Gasteiger charge is -2.06. The molecule has 0 aliphatic rings. The minimum absolute atomic E-state index is 0.925. The van der Waals surface area contributed by atoms with E-state index >= 15 is 0 Å². The fourth-order valence-corrected chi connectivity index (χ4v) is 3.71. The van der Waals surface area contributed by atoms with Gasteiger partial charge in [0.25, 0.3) is 0 Å². The largest absolute Gasteiger partial charge is 0.243 e. The molecular weight excluding hydrogens is 506 g/mol. The predicted octanol–water partition coefficient (Wildman–Crippen LogP) is 4.75. The maximum atomic E-state index is 4.69. The van der Waals surface area contributed by atoms with E-state index in [-0.39, 0.29) is 0 Å². The van der Waals surface area contributed by atoms with E-state index in [9.17, 15) is 0 Å². The standard InChI is InChI=1S/C12H5BrI2N2/c13-6-5-7(14)10(15)12-11(6)16-8-3-1-2-4-9(8)17-12/h1-5H. The van der Waals surface area contributed by atoms with Gasteiger partial charge in [0.1, 0.15) is 11.0 Å². The fraction of sp³-hybridized carbons (Fsp3) is 0. The van der Waals surface area contributed by atoms with E-state index in [1.54, 1.807) is 0 Å². The monoisotopic (exact) mass is 510 g/mol. The summed E-state index contributed by atoms with van der Waals surface area (Å²) in [5.74, 6) is 0. The van der Waals surface area contributed by atoms with Gasteiger partial charge in [0.15, 0.2) is 0 Å². The van der Waals surface area contributed by atoms with Gasteiger partial charge in [-0.05, 0) is 79.3 Å². The third kappa shape index (κ3) is 2.06. The van der Waals surface area contributed by atoms with Crippen molar-refractivity contribution in [3.8, 4) is 0 Å². The van der Waals surface area contributed by atoms with Crippen molar-refractivity contribution in [2.24, 2.45) is 0 Å². The molecule has 84 valence electrons. The van der Waals surface area contributed by atoms with Gasteiger partial charge in [-0.25, -0.2) is 9.97 Å². The molecule has 2 nitrogen and oxygen atoms in total. The Balaban J connectivity index is 2.56. The Morgan fingerprint density at radius 3 is 2.18 bits per heavy atom. The number of rotatable bonds is 0. The van der Waals surface area contributed by atoms with Crippen LogP contribution in [0, 0.1) is 7.14 Å². The zero-order valence-corrected chi connectivity index (χ0v) is 14.3. The highest BCUT2D eigenvalue weighted by molar-refractivity contribution is 14.1. The Morgan fingerprint density at radius 1 is 0.941 bits per heavy atom. The van der Waals surface area contributed by atoms with Crippen molar-refractivity contribution in [2.45, 2.75) is 0 Å². The number of halogens is 3. The van der Waals surface area contributed by atoms with E-state index in [0.29, 0.717) is 0 Å². The first-order valence-electron chi connectivity index (χ1n) is 4.87. The summed E-state index contributed by atoms with van der Waals surface area (Å²) in [6, 6.07) is 10.0. The second-order valence-electron chi connectivity index (χ2n) is 3.56. The lowest BCUT2D eigenvalue weighted by atomic mass is 10.2. The van der Waals surface area contributed by atoms with Crippen LogP contribution in [0.5, 0.6) is 0 Å². The molecule has 3 rings (SSSR count). The van der Waals surface area contributed by atoms with Gasteiger partial charge in [-0.3, -0.25) is 0 Å². The molecule has 1 heterocycles. The quantitative estimate of drug-likeness (QED) is 0.248. The molecule has 0 spiro atoms. The highest BCUT2D eigenvalue weighted by atomic mass is 127. The molecule has 0 aliphatic carbocycles. The maximum Gasteiger partial charge on any atom is 0.105 e. The first-order chi connectivity index (χ1) is 8.16. The van der Waals surface area contributed by atoms with Crippen molar-refractivity contribution in [3.63, 3.8) is 0 Å². The molecule has 0 radical (unpaired) electrons. The first-order valence-corrected chi connectivity index (χ1v) is 7.82. The molecule has 0 bridgehead atoms. The predicted molar refractivity (Wildman–Crippen MR) is 90.2 cm³/mol. The number of fused-ring (bicyclic) bond motifs is 2. The SMILES string of the molecule is Brc1cc(I)c(I)c2nc3ccccc3nc12. The van der Waals surface area contributed by atoms with Gasteiger partial charge in [0.2, 0.25) is 0 Å². The minimum atomic E-state index is 0.925. The second kappa shape index (κ2) is 4.58. The van der Waals surface area contributed by atoms with Gasteiger partial charge < -0.3 is 0 Å². The second-order valence-corrected chi connectivity index (χ2v) is 6.66. The summed E-state index contributed by atoms with van der Waals surface area (Å²) in [6.45, 7) is 0. The summed E-state index contributed by atoms with van der Waals surface area (Å²) in [6.07, 6.45) is 0. The number of aromatic nitrogens is 2. The highest BCUT2D eigenvalue weighted by Gasteiger charge is 2.11. The lowest BCUT2D eigenvalue weighted by molar-refractivity contribution is 1.37. The summed E-state index contributed by atoms with van der Waals surface area (Å²) in [4.78, 5) is 9.36. The van der Waals surface area contributed by atoms with E-state index in [1.165, 1.54) is 3.57 Å². The topological polar surface area (TPSA) is 25.8 Å². The van der Waals surface area contributed by atoms with Crippen LogP contribution in [0.2, 0.25) is 0 Å². The Hall–Kier alpha value is -0.0200. The minimum Gasteiger partial charge on any atom is -0.243 e. The van der Waals surface area contributed by atoms with Crippen molar-refractivity contribution >= 4 is 83.2 Å². The lowest BCUT2D eigenvalue weighted by Crippen LogP contribution is -1.93. The van der Waals surface area contributed by atoms with Crippen LogP contribution >= 0.6 is 61.1 Å². The van der Waals surface area contributed by atoms with E-state index in [0.717, 1.165) is 30.1 Å². The average Bonchev–Trinajstić information content (AvgIpc) is 2.34. The molecule has 0 saturated heterocycles.